The van der Waals surface area contributed by atoms with E-state index in [-0.39, 0.29) is 19.7 Å². The van der Waals surface area contributed by atoms with E-state index >= 15 is 0 Å². The fourth-order valence-electron chi connectivity index (χ4n) is 2.03. The summed E-state index contributed by atoms with van der Waals surface area (Å²) in [5, 5.41) is 0.294. The van der Waals surface area contributed by atoms with Crippen molar-refractivity contribution < 1.29 is 23.4 Å². The Bertz CT molecular complexity index is 543. The smallest absolute Gasteiger partial charge is 0.213 e. The summed E-state index contributed by atoms with van der Waals surface area (Å²) in [6.07, 6.45) is 0.819. The molecule has 0 saturated heterocycles. The lowest BCUT2D eigenvalue weighted by molar-refractivity contribution is 0.0303. The molecule has 1 unspecified atom stereocenters. The Hall–Kier alpha value is -0.866. The van der Waals surface area contributed by atoms with Crippen LogP contribution in [0.5, 0.6) is 11.5 Å². The maximum atomic E-state index is 6.43. The van der Waals surface area contributed by atoms with E-state index in [9.17, 15) is 0 Å². The van der Waals surface area contributed by atoms with Gasteiger partial charge in [-0.25, -0.2) is 0 Å². The van der Waals surface area contributed by atoms with E-state index in [4.69, 9.17) is 23.4 Å². The van der Waals surface area contributed by atoms with Crippen molar-refractivity contribution in [2.75, 3.05) is 27.8 Å². The van der Waals surface area contributed by atoms with E-state index in [2.05, 4.69) is 40.8 Å². The summed E-state index contributed by atoms with van der Waals surface area (Å²) in [5.74, 6) is 1.30. The van der Waals surface area contributed by atoms with E-state index in [0.29, 0.717) is 25.8 Å². The van der Waals surface area contributed by atoms with Crippen LogP contribution in [-0.2, 0) is 13.9 Å². The quantitative estimate of drug-likeness (QED) is 0.398. The second-order valence-electron chi connectivity index (χ2n) is 7.77. The van der Waals surface area contributed by atoms with Crippen LogP contribution in [0.3, 0.4) is 0 Å². The van der Waals surface area contributed by atoms with Crippen molar-refractivity contribution in [1.82, 2.24) is 0 Å². The molecule has 26 heavy (non-hydrogen) atoms. The molecule has 0 aliphatic heterocycles. The standard InChI is InChI=1S/C19H34O5Si2/c1-9-16(24-25-26(7,8)19(2,3)4)15-11-10-12-17(22-13-20-5)18(15)23-14-21-6/h10-12,16H,9,13-14H2,1-8H3. The van der Waals surface area contributed by atoms with E-state index in [0.717, 1.165) is 12.0 Å². The van der Waals surface area contributed by atoms with E-state index < -0.39 is 7.59 Å². The summed E-state index contributed by atoms with van der Waals surface area (Å²) in [5.41, 5.74) is 0.990. The molecule has 2 radical (unpaired) electrons. The molecule has 0 saturated carbocycles. The number of hydrogen-bond donors (Lipinski definition) is 0. The molecule has 0 N–H and O–H groups in total. The maximum Gasteiger partial charge on any atom is 0.213 e. The summed E-state index contributed by atoms with van der Waals surface area (Å²) in [6, 6.07) is 5.87. The van der Waals surface area contributed by atoms with Gasteiger partial charge in [-0.15, -0.1) is 0 Å². The van der Waals surface area contributed by atoms with E-state index in [1.807, 2.05) is 18.2 Å². The van der Waals surface area contributed by atoms with Crippen molar-refractivity contribution in [3.63, 3.8) is 0 Å². The summed E-state index contributed by atoms with van der Waals surface area (Å²) >= 11 is 0. The first-order chi connectivity index (χ1) is 12.2. The van der Waals surface area contributed by atoms with Gasteiger partial charge in [0.1, 0.15) is 0 Å². The van der Waals surface area contributed by atoms with Gasteiger partial charge in [0.15, 0.2) is 25.1 Å². The normalized spacial score (nSPS) is 13.5. The zero-order valence-corrected chi connectivity index (χ0v) is 19.5. The zero-order valence-electron chi connectivity index (χ0n) is 17.5. The third kappa shape index (κ3) is 6.38. The molecule has 1 aromatic carbocycles. The van der Waals surface area contributed by atoms with Crippen LogP contribution in [0, 0.1) is 0 Å². The molecule has 0 aromatic heterocycles. The molecular weight excluding hydrogens is 364 g/mol. The van der Waals surface area contributed by atoms with Crippen molar-refractivity contribution in [1.29, 1.82) is 0 Å². The minimum Gasteiger partial charge on any atom is -0.464 e. The van der Waals surface area contributed by atoms with Gasteiger partial charge in [-0.1, -0.05) is 52.9 Å². The van der Waals surface area contributed by atoms with Crippen molar-refractivity contribution in [3.05, 3.63) is 23.8 Å². The van der Waals surface area contributed by atoms with Crippen molar-refractivity contribution in [2.45, 2.75) is 58.4 Å². The highest BCUT2D eigenvalue weighted by atomic mass is 29.2. The van der Waals surface area contributed by atoms with Crippen LogP contribution < -0.4 is 9.47 Å². The average molecular weight is 399 g/mol. The largest absolute Gasteiger partial charge is 0.464 e. The highest BCUT2D eigenvalue weighted by Gasteiger charge is 2.38. The lowest BCUT2D eigenvalue weighted by Crippen LogP contribution is -2.45. The van der Waals surface area contributed by atoms with Gasteiger partial charge in [0.05, 0.1) is 13.7 Å². The van der Waals surface area contributed by atoms with Crippen molar-refractivity contribution in [2.24, 2.45) is 0 Å². The Morgan fingerprint density at radius 1 is 1.04 bits per heavy atom. The molecule has 1 aromatic rings. The van der Waals surface area contributed by atoms with Crippen molar-refractivity contribution in [3.8, 4) is 11.5 Å². The van der Waals surface area contributed by atoms with Crippen molar-refractivity contribution >= 4 is 16.9 Å². The predicted octanol–water partition coefficient (Wildman–Crippen LogP) is 4.74. The predicted molar refractivity (Wildman–Crippen MR) is 109 cm³/mol. The molecule has 0 heterocycles. The molecule has 0 aliphatic carbocycles. The first kappa shape index (κ1) is 23.2. The van der Waals surface area contributed by atoms with Gasteiger partial charge in [-0.3, -0.25) is 0 Å². The molecule has 0 amide bonds. The summed E-state index contributed by atoms with van der Waals surface area (Å²) in [6.45, 7) is 14.1. The van der Waals surface area contributed by atoms with Gasteiger partial charge < -0.3 is 23.4 Å². The Kier molecular flexibility index (Phi) is 9.33. The number of methoxy groups -OCH3 is 2. The summed E-state index contributed by atoms with van der Waals surface area (Å²) < 4.78 is 28.0. The van der Waals surface area contributed by atoms with Crippen LogP contribution in [0.25, 0.3) is 0 Å². The van der Waals surface area contributed by atoms with E-state index in [1.54, 1.807) is 14.2 Å². The number of benzene rings is 1. The SMILES string of the molecule is CCC(O[Si][Si](C)(C)C(C)(C)C)c1cccc(OCOC)c1OCOC. The van der Waals surface area contributed by atoms with Gasteiger partial charge in [-0.2, -0.15) is 0 Å². The fraction of sp³-hybridized carbons (Fsp3) is 0.684. The van der Waals surface area contributed by atoms with Gasteiger partial charge in [0, 0.05) is 19.8 Å². The average Bonchev–Trinajstić information content (AvgIpc) is 2.58. The monoisotopic (exact) mass is 398 g/mol. The highest BCUT2D eigenvalue weighted by molar-refractivity contribution is 7.22. The number of para-hydroxylation sites is 1. The number of hydrogen-bond acceptors (Lipinski definition) is 5. The topological polar surface area (TPSA) is 46.2 Å². The number of rotatable bonds is 11. The summed E-state index contributed by atoms with van der Waals surface area (Å²) in [7, 11) is 2.20. The third-order valence-corrected chi connectivity index (χ3v) is 13.5. The molecule has 0 bridgehead atoms. The second-order valence-corrected chi connectivity index (χ2v) is 17.3. The molecule has 0 spiro atoms. The maximum absolute atomic E-state index is 6.43. The van der Waals surface area contributed by atoms with Crippen LogP contribution in [0.4, 0.5) is 0 Å². The Morgan fingerprint density at radius 3 is 2.19 bits per heavy atom. The van der Waals surface area contributed by atoms with Crippen LogP contribution in [0.15, 0.2) is 18.2 Å². The van der Waals surface area contributed by atoms with E-state index in [1.165, 1.54) is 0 Å². The minimum atomic E-state index is -1.51. The minimum absolute atomic E-state index is 0.0413. The Balaban J connectivity index is 3.07. The van der Waals surface area contributed by atoms with Crippen LogP contribution >= 0.6 is 0 Å². The first-order valence-corrected chi connectivity index (χ1v) is 13.9. The highest BCUT2D eigenvalue weighted by Crippen LogP contribution is 2.40. The molecule has 1 atom stereocenters. The lowest BCUT2D eigenvalue weighted by Gasteiger charge is -2.36. The van der Waals surface area contributed by atoms with Gasteiger partial charge in [0.2, 0.25) is 9.28 Å². The molecule has 1 rings (SSSR count). The third-order valence-electron chi connectivity index (χ3n) is 4.71. The van der Waals surface area contributed by atoms with Crippen LogP contribution in [0.1, 0.15) is 45.8 Å². The molecule has 7 heteroatoms. The van der Waals surface area contributed by atoms with Gasteiger partial charge >= 0.3 is 0 Å². The van der Waals surface area contributed by atoms with Gasteiger partial charge in [-0.05, 0) is 17.5 Å². The molecule has 148 valence electrons. The molecule has 0 aliphatic rings. The molecule has 0 fully saturated rings. The molecule has 5 nitrogen and oxygen atoms in total. The second kappa shape index (κ2) is 10.5. The lowest BCUT2D eigenvalue weighted by atomic mass is 10.1. The Morgan fingerprint density at radius 2 is 1.65 bits per heavy atom. The van der Waals surface area contributed by atoms with Gasteiger partial charge in [0.25, 0.3) is 0 Å². The fourth-order valence-corrected chi connectivity index (χ4v) is 5.30. The van der Waals surface area contributed by atoms with Crippen LogP contribution in [-0.4, -0.2) is 44.7 Å². The number of ether oxygens (including phenoxy) is 4. The first-order valence-electron chi connectivity index (χ1n) is 8.97. The van der Waals surface area contributed by atoms with Crippen LogP contribution in [0.2, 0.25) is 18.1 Å². The Labute approximate surface area is 162 Å². The summed E-state index contributed by atoms with van der Waals surface area (Å²) in [4.78, 5) is 0. The zero-order chi connectivity index (χ0) is 19.8. The molecular formula is C19H34O5Si2.